The van der Waals surface area contributed by atoms with Crippen LogP contribution in [-0.2, 0) is 14.8 Å². The normalized spacial score (nSPS) is 25.4. The summed E-state index contributed by atoms with van der Waals surface area (Å²) < 4.78 is 31.1. The number of nitrogens with one attached hydrogen (secondary N) is 1. The number of benzene rings is 1. The van der Waals surface area contributed by atoms with E-state index in [4.69, 9.17) is 5.73 Å². The number of anilines is 1. The van der Waals surface area contributed by atoms with Crippen molar-refractivity contribution in [3.8, 4) is 11.3 Å². The van der Waals surface area contributed by atoms with Crippen molar-refractivity contribution in [1.29, 1.82) is 0 Å². The second kappa shape index (κ2) is 6.57. The zero-order chi connectivity index (χ0) is 22.0. The fraction of sp³-hybridized carbons (Fsp3) is 0.429. The lowest BCUT2D eigenvalue weighted by molar-refractivity contribution is -0.142. The monoisotopic (exact) mass is 442 g/mol. The van der Waals surface area contributed by atoms with Crippen LogP contribution in [-0.4, -0.2) is 39.3 Å². The van der Waals surface area contributed by atoms with Crippen LogP contribution in [0.15, 0.2) is 35.6 Å². The van der Waals surface area contributed by atoms with Crippen molar-refractivity contribution in [3.05, 3.63) is 36.3 Å². The molecule has 0 amide bonds. The number of hydrogen-bond acceptors (Lipinski definition) is 7. The second-order valence-electron chi connectivity index (χ2n) is 8.93. The number of fused-ring (bicyclic) bond motifs is 3. The van der Waals surface area contributed by atoms with Crippen LogP contribution in [0.25, 0.3) is 16.9 Å². The van der Waals surface area contributed by atoms with Crippen molar-refractivity contribution >= 4 is 27.3 Å². The highest BCUT2D eigenvalue weighted by Gasteiger charge is 2.60. The molecule has 2 heterocycles. The Kier molecular flexibility index (Phi) is 4.26. The van der Waals surface area contributed by atoms with E-state index in [1.54, 1.807) is 35.8 Å². The lowest BCUT2D eigenvalue weighted by Crippen LogP contribution is -2.66. The summed E-state index contributed by atoms with van der Waals surface area (Å²) in [6.45, 7) is 3.51. The molecular weight excluding hydrogens is 416 g/mol. The molecule has 3 aromatic rings. The average Bonchev–Trinajstić information content (AvgIpc) is 3.12. The molecule has 2 bridgehead atoms. The van der Waals surface area contributed by atoms with E-state index in [9.17, 15) is 13.2 Å². The van der Waals surface area contributed by atoms with Crippen LogP contribution < -0.4 is 10.5 Å². The van der Waals surface area contributed by atoms with E-state index in [-0.39, 0.29) is 23.3 Å². The van der Waals surface area contributed by atoms with Gasteiger partial charge in [-0.05, 0) is 57.2 Å². The summed E-state index contributed by atoms with van der Waals surface area (Å²) in [6, 6.07) is 5.01. The second-order valence-corrected chi connectivity index (χ2v) is 10.6. The molecule has 3 N–H and O–H groups in total. The van der Waals surface area contributed by atoms with Crippen molar-refractivity contribution < 1.29 is 14.6 Å². The van der Waals surface area contributed by atoms with Crippen molar-refractivity contribution in [3.63, 3.8) is 0 Å². The van der Waals surface area contributed by atoms with Crippen molar-refractivity contribution in [2.24, 2.45) is 5.41 Å². The fourth-order valence-electron chi connectivity index (χ4n) is 5.32. The molecule has 3 aliphatic carbocycles. The first kappa shape index (κ1) is 20.1. The number of imidazole rings is 1. The topological polar surface area (TPSA) is 132 Å². The van der Waals surface area contributed by atoms with Crippen LogP contribution in [0.2, 0.25) is 0 Å². The highest BCUT2D eigenvalue weighted by Crippen LogP contribution is 2.59. The molecule has 1 aromatic carbocycles. The predicted octanol–water partition coefficient (Wildman–Crippen LogP) is 2.50. The van der Waals surface area contributed by atoms with Gasteiger partial charge in [-0.15, -0.1) is 0 Å². The Morgan fingerprint density at radius 3 is 2.77 bits per heavy atom. The summed E-state index contributed by atoms with van der Waals surface area (Å²) in [5, 5.41) is 4.21. The van der Waals surface area contributed by atoms with Crippen molar-refractivity contribution in [1.82, 2.24) is 24.3 Å². The van der Waals surface area contributed by atoms with Gasteiger partial charge in [-0.2, -0.15) is 5.10 Å². The predicted molar refractivity (Wildman–Crippen MR) is 117 cm³/mol. The van der Waals surface area contributed by atoms with Crippen LogP contribution in [0.3, 0.4) is 0 Å². The molecule has 3 fully saturated rings. The Balaban J connectivity index is 0.00000245. The van der Waals surface area contributed by atoms with Gasteiger partial charge in [-0.25, -0.2) is 27.6 Å². The number of sulfonamides is 1. The maximum atomic E-state index is 13.3. The highest BCUT2D eigenvalue weighted by atomic mass is 32.2. The number of aromatic nitrogens is 4. The molecule has 3 aliphatic rings. The van der Waals surface area contributed by atoms with Gasteiger partial charge in [-0.1, -0.05) is 12.5 Å². The molecule has 0 aliphatic heterocycles. The third-order valence-electron chi connectivity index (χ3n) is 6.89. The first-order chi connectivity index (χ1) is 14.6. The van der Waals surface area contributed by atoms with Crippen LogP contribution >= 0.6 is 0 Å². The van der Waals surface area contributed by atoms with E-state index < -0.39 is 15.6 Å². The summed E-state index contributed by atoms with van der Waals surface area (Å²) in [5.74, 6) is 0.410. The maximum absolute atomic E-state index is 13.3. The van der Waals surface area contributed by atoms with Gasteiger partial charge in [-0.3, -0.25) is 4.79 Å². The largest absolute Gasteiger partial charge is 0.381 e. The van der Waals surface area contributed by atoms with Crippen LogP contribution in [0.1, 0.15) is 46.0 Å². The Labute approximate surface area is 181 Å². The van der Waals surface area contributed by atoms with E-state index in [0.29, 0.717) is 29.7 Å². The first-order valence-electron chi connectivity index (χ1n) is 10.3. The van der Waals surface area contributed by atoms with Gasteiger partial charge in [0.05, 0.1) is 16.8 Å². The van der Waals surface area contributed by atoms with Gasteiger partial charge >= 0.3 is 0 Å². The van der Waals surface area contributed by atoms with E-state index in [1.807, 2.05) is 6.92 Å². The number of hydrogen-bond donors (Lipinski definition) is 2. The van der Waals surface area contributed by atoms with Gasteiger partial charge < -0.3 is 5.73 Å². The minimum atomic E-state index is -3.77. The molecule has 0 atom stereocenters. The van der Waals surface area contributed by atoms with Gasteiger partial charge in [0.15, 0.2) is 11.5 Å². The Hall–Kier alpha value is -2.85. The first-order valence-corrected chi connectivity index (χ1v) is 11.7. The molecule has 2 aromatic heterocycles. The third-order valence-corrected chi connectivity index (χ3v) is 8.46. The average molecular weight is 443 g/mol. The summed E-state index contributed by atoms with van der Waals surface area (Å²) in [7, 11) is -3.77. The van der Waals surface area contributed by atoms with Gasteiger partial charge in [0, 0.05) is 17.9 Å². The SMILES string of the molecule is CC(=O)C12CCCC(NS(=O)(=O)c3ccc(C)c(-c4cnc5c(N)ncnn45)c3)(C1)C2.[HH]. The molecule has 3 saturated carbocycles. The van der Waals surface area contributed by atoms with Gasteiger partial charge in [0.1, 0.15) is 12.1 Å². The van der Waals surface area contributed by atoms with Crippen LogP contribution in [0.4, 0.5) is 5.82 Å². The number of nitrogens with two attached hydrogens (primary N) is 1. The van der Waals surface area contributed by atoms with E-state index in [2.05, 4.69) is 19.8 Å². The quantitative estimate of drug-likeness (QED) is 0.620. The van der Waals surface area contributed by atoms with Crippen molar-refractivity contribution in [2.45, 2.75) is 56.4 Å². The molecule has 0 radical (unpaired) electrons. The molecule has 6 rings (SSSR count). The Bertz CT molecular complexity index is 1330. The Morgan fingerprint density at radius 2 is 2.03 bits per heavy atom. The summed E-state index contributed by atoms with van der Waals surface area (Å²) in [6.07, 6.45) is 6.56. The molecule has 0 saturated heterocycles. The molecule has 31 heavy (non-hydrogen) atoms. The Morgan fingerprint density at radius 1 is 1.26 bits per heavy atom. The lowest BCUT2D eigenvalue weighted by Gasteiger charge is -2.59. The lowest BCUT2D eigenvalue weighted by atomic mass is 9.49. The number of carbonyl (C=O) groups is 1. The number of nitrogens with zero attached hydrogens (tertiary/aromatic N) is 4. The number of ketones is 1. The van der Waals surface area contributed by atoms with Crippen LogP contribution in [0, 0.1) is 12.3 Å². The summed E-state index contributed by atoms with van der Waals surface area (Å²) in [4.78, 5) is 20.5. The standard InChI is InChI=1S/C21H24N6O3S.H2/c1-13-4-5-15(8-16(13)17-9-23-19-18(22)24-12-25-27(17)19)31(29,30)26-21-7-3-6-20(10-21,11-21)14(2)28;/h4-5,8-9,12,26H,3,6-7,10-11H2,1-2H3,(H2,22,24,25);1H. The third kappa shape index (κ3) is 3.04. The highest BCUT2D eigenvalue weighted by molar-refractivity contribution is 7.89. The molecular formula is C21H26N6O3S. The fourth-order valence-corrected chi connectivity index (χ4v) is 6.77. The molecule has 0 spiro atoms. The number of aryl methyl sites for hydroxylation is 1. The van der Waals surface area contributed by atoms with E-state index in [0.717, 1.165) is 24.8 Å². The summed E-state index contributed by atoms with van der Waals surface area (Å²) in [5.41, 5.74) is 7.62. The molecule has 9 nitrogen and oxygen atoms in total. The molecule has 164 valence electrons. The minimum absolute atomic E-state index is 0. The number of rotatable bonds is 5. The zero-order valence-electron chi connectivity index (χ0n) is 17.4. The zero-order valence-corrected chi connectivity index (χ0v) is 18.2. The van der Waals surface area contributed by atoms with E-state index in [1.165, 1.54) is 6.33 Å². The van der Waals surface area contributed by atoms with Gasteiger partial charge in [0.2, 0.25) is 10.0 Å². The van der Waals surface area contributed by atoms with Gasteiger partial charge in [0.25, 0.3) is 0 Å². The van der Waals surface area contributed by atoms with E-state index >= 15 is 0 Å². The number of Topliss-reactive ketones (excluding diaryl/α,β-unsaturated/α-hetero) is 1. The smallest absolute Gasteiger partial charge is 0.241 e. The minimum Gasteiger partial charge on any atom is -0.381 e. The maximum Gasteiger partial charge on any atom is 0.241 e. The summed E-state index contributed by atoms with van der Waals surface area (Å²) >= 11 is 0. The number of nitrogen functional groups attached to an aromatic ring is 1. The van der Waals surface area contributed by atoms with Crippen LogP contribution in [0.5, 0.6) is 0 Å². The number of carbonyl (C=O) groups excluding carboxylic acids is 1. The molecule has 10 heteroatoms. The molecule has 0 unspecified atom stereocenters. The van der Waals surface area contributed by atoms with Crippen molar-refractivity contribution in [2.75, 3.05) is 5.73 Å².